The molecule has 0 N–H and O–H groups in total. The van der Waals surface area contributed by atoms with Crippen LogP contribution in [0, 0.1) is 19.8 Å². The molecule has 1 fully saturated rings. The molecule has 2 heterocycles. The number of rotatable bonds is 3. The Morgan fingerprint density at radius 1 is 1.10 bits per heavy atom. The Kier molecular flexibility index (Phi) is 5.40. The van der Waals surface area contributed by atoms with Crippen molar-refractivity contribution in [1.82, 2.24) is 14.7 Å². The normalized spacial score (nSPS) is 18.1. The predicted molar refractivity (Wildman–Crippen MR) is 111 cm³/mol. The van der Waals surface area contributed by atoms with E-state index in [9.17, 15) is 18.0 Å². The van der Waals surface area contributed by atoms with Crippen LogP contribution in [0.5, 0.6) is 0 Å². The molecule has 1 unspecified atom stereocenters. The van der Waals surface area contributed by atoms with Crippen molar-refractivity contribution in [3.8, 4) is 11.3 Å². The van der Waals surface area contributed by atoms with Gasteiger partial charge in [0.1, 0.15) is 0 Å². The summed E-state index contributed by atoms with van der Waals surface area (Å²) in [6.07, 6.45) is -3.63. The van der Waals surface area contributed by atoms with E-state index in [0.29, 0.717) is 24.0 Å². The van der Waals surface area contributed by atoms with Crippen molar-refractivity contribution in [1.29, 1.82) is 0 Å². The Hall–Kier alpha value is -2.67. The minimum atomic E-state index is -4.22. The first-order valence-electron chi connectivity index (χ1n) is 10.1. The van der Waals surface area contributed by atoms with Crippen LogP contribution < -0.4 is 5.56 Å². The number of piperidine rings is 1. The van der Waals surface area contributed by atoms with Crippen molar-refractivity contribution in [3.63, 3.8) is 0 Å². The molecule has 0 bridgehead atoms. The molecule has 7 heteroatoms. The maximum absolute atomic E-state index is 13.2. The molecule has 3 aromatic rings. The standard InChI is InChI=1S/C23H24F3N3O/c1-15-9-10-16(2)20(12-15)21-18-7-3-4-8-19(18)22(30)29(27-21)14-28-11-5-6-17(13-28)23(24,25)26/h3-4,7-10,12,17H,5-6,11,13-14H2,1-2H3. The fraction of sp³-hybridized carbons (Fsp3) is 0.391. The Morgan fingerprint density at radius 2 is 1.83 bits per heavy atom. The minimum Gasteiger partial charge on any atom is -0.284 e. The van der Waals surface area contributed by atoms with Crippen LogP contribution in [0.3, 0.4) is 0 Å². The number of aromatic nitrogens is 2. The number of alkyl halides is 3. The molecule has 1 aromatic heterocycles. The molecule has 0 spiro atoms. The maximum atomic E-state index is 13.2. The van der Waals surface area contributed by atoms with Gasteiger partial charge in [-0.05, 0) is 50.9 Å². The first kappa shape index (κ1) is 20.6. The van der Waals surface area contributed by atoms with E-state index in [2.05, 4.69) is 5.10 Å². The fourth-order valence-corrected chi connectivity index (χ4v) is 4.16. The first-order valence-corrected chi connectivity index (χ1v) is 10.1. The summed E-state index contributed by atoms with van der Waals surface area (Å²) in [6.45, 7) is 4.44. The molecule has 158 valence electrons. The highest BCUT2D eigenvalue weighted by Crippen LogP contribution is 2.33. The van der Waals surface area contributed by atoms with Crippen molar-refractivity contribution in [2.24, 2.45) is 5.92 Å². The molecule has 1 atom stereocenters. The third-order valence-corrected chi connectivity index (χ3v) is 5.82. The van der Waals surface area contributed by atoms with Crippen molar-refractivity contribution < 1.29 is 13.2 Å². The third-order valence-electron chi connectivity index (χ3n) is 5.82. The van der Waals surface area contributed by atoms with Crippen LogP contribution in [0.15, 0.2) is 47.3 Å². The summed E-state index contributed by atoms with van der Waals surface area (Å²) in [4.78, 5) is 14.7. The number of aryl methyl sites for hydroxylation is 2. The molecule has 1 saturated heterocycles. The van der Waals surface area contributed by atoms with E-state index in [0.717, 1.165) is 22.1 Å². The molecular formula is C23H24F3N3O. The largest absolute Gasteiger partial charge is 0.393 e. The quantitative estimate of drug-likeness (QED) is 0.610. The van der Waals surface area contributed by atoms with Crippen LogP contribution in [0.1, 0.15) is 24.0 Å². The highest BCUT2D eigenvalue weighted by atomic mass is 19.4. The Labute approximate surface area is 172 Å². The Bertz CT molecular complexity index is 1140. The molecule has 1 aliphatic rings. The summed E-state index contributed by atoms with van der Waals surface area (Å²) in [5, 5.41) is 5.91. The highest BCUT2D eigenvalue weighted by Gasteiger charge is 2.41. The van der Waals surface area contributed by atoms with Crippen LogP contribution in [0.2, 0.25) is 0 Å². The smallest absolute Gasteiger partial charge is 0.284 e. The van der Waals surface area contributed by atoms with Gasteiger partial charge in [0.15, 0.2) is 0 Å². The van der Waals surface area contributed by atoms with Crippen molar-refractivity contribution in [2.75, 3.05) is 13.1 Å². The van der Waals surface area contributed by atoms with E-state index >= 15 is 0 Å². The van der Waals surface area contributed by atoms with Crippen LogP contribution in [-0.2, 0) is 6.67 Å². The van der Waals surface area contributed by atoms with Crippen molar-refractivity contribution in [2.45, 2.75) is 39.5 Å². The molecule has 30 heavy (non-hydrogen) atoms. The number of benzene rings is 2. The van der Waals surface area contributed by atoms with Crippen molar-refractivity contribution >= 4 is 10.8 Å². The van der Waals surface area contributed by atoms with Crippen LogP contribution >= 0.6 is 0 Å². The summed E-state index contributed by atoms with van der Waals surface area (Å²) in [6, 6.07) is 13.3. The molecule has 0 aliphatic carbocycles. The lowest BCUT2D eigenvalue weighted by molar-refractivity contribution is -0.188. The minimum absolute atomic E-state index is 0.0497. The van der Waals surface area contributed by atoms with E-state index in [1.54, 1.807) is 17.0 Å². The molecule has 0 saturated carbocycles. The second-order valence-corrected chi connectivity index (χ2v) is 8.12. The van der Waals surface area contributed by atoms with Gasteiger partial charge in [-0.15, -0.1) is 0 Å². The van der Waals surface area contributed by atoms with Gasteiger partial charge in [0, 0.05) is 17.5 Å². The van der Waals surface area contributed by atoms with Crippen LogP contribution in [0.4, 0.5) is 13.2 Å². The summed E-state index contributed by atoms with van der Waals surface area (Å²) in [5.41, 5.74) is 3.41. The van der Waals surface area contributed by atoms with Gasteiger partial charge in [-0.1, -0.05) is 35.9 Å². The lowest BCUT2D eigenvalue weighted by atomic mass is 9.98. The number of nitrogens with zero attached hydrogens (tertiary/aromatic N) is 3. The van der Waals surface area contributed by atoms with E-state index in [-0.39, 0.29) is 25.2 Å². The molecule has 2 aromatic carbocycles. The number of hydrogen-bond acceptors (Lipinski definition) is 3. The number of hydrogen-bond donors (Lipinski definition) is 0. The summed E-state index contributed by atoms with van der Waals surface area (Å²) in [5.74, 6) is -1.36. The first-order chi connectivity index (χ1) is 14.2. The van der Waals surface area contributed by atoms with Crippen molar-refractivity contribution in [3.05, 3.63) is 63.9 Å². The van der Waals surface area contributed by atoms with E-state index < -0.39 is 12.1 Å². The summed E-state index contributed by atoms with van der Waals surface area (Å²) < 4.78 is 40.9. The Morgan fingerprint density at radius 3 is 2.57 bits per heavy atom. The van der Waals surface area contributed by atoms with Crippen LogP contribution in [0.25, 0.3) is 22.0 Å². The monoisotopic (exact) mass is 415 g/mol. The predicted octanol–water partition coefficient (Wildman–Crippen LogP) is 4.91. The molecule has 4 nitrogen and oxygen atoms in total. The lowest BCUT2D eigenvalue weighted by Gasteiger charge is -2.33. The van der Waals surface area contributed by atoms with Gasteiger partial charge in [-0.25, -0.2) is 4.68 Å². The van der Waals surface area contributed by atoms with E-state index in [4.69, 9.17) is 0 Å². The average Bonchev–Trinajstić information content (AvgIpc) is 2.72. The van der Waals surface area contributed by atoms with Gasteiger partial charge in [-0.2, -0.15) is 18.3 Å². The second-order valence-electron chi connectivity index (χ2n) is 8.12. The number of halogens is 3. The highest BCUT2D eigenvalue weighted by molar-refractivity contribution is 5.94. The molecule has 0 radical (unpaired) electrons. The molecule has 0 amide bonds. The third kappa shape index (κ3) is 3.99. The summed E-state index contributed by atoms with van der Waals surface area (Å²) >= 11 is 0. The van der Waals surface area contributed by atoms with Gasteiger partial charge in [-0.3, -0.25) is 9.69 Å². The fourth-order valence-electron chi connectivity index (χ4n) is 4.16. The zero-order chi connectivity index (χ0) is 21.5. The zero-order valence-corrected chi connectivity index (χ0v) is 17.0. The summed E-state index contributed by atoms with van der Waals surface area (Å²) in [7, 11) is 0. The number of fused-ring (bicyclic) bond motifs is 1. The topological polar surface area (TPSA) is 38.1 Å². The Balaban J connectivity index is 1.79. The van der Waals surface area contributed by atoms with Gasteiger partial charge in [0.2, 0.25) is 0 Å². The SMILES string of the molecule is Cc1ccc(C)c(-c2nn(CN3CCCC(C(F)(F)F)C3)c(=O)c3ccccc23)c1. The van der Waals surface area contributed by atoms with E-state index in [1.165, 1.54) is 4.68 Å². The van der Waals surface area contributed by atoms with Gasteiger partial charge in [0.05, 0.1) is 23.7 Å². The number of likely N-dealkylation sites (tertiary alicyclic amines) is 1. The molecule has 1 aliphatic heterocycles. The van der Waals surface area contributed by atoms with Gasteiger partial charge >= 0.3 is 6.18 Å². The maximum Gasteiger partial charge on any atom is 0.393 e. The van der Waals surface area contributed by atoms with E-state index in [1.807, 2.05) is 44.2 Å². The van der Waals surface area contributed by atoms with Gasteiger partial charge in [0.25, 0.3) is 5.56 Å². The molecular weight excluding hydrogens is 391 g/mol. The second kappa shape index (κ2) is 7.87. The zero-order valence-electron chi connectivity index (χ0n) is 17.0. The van der Waals surface area contributed by atoms with Gasteiger partial charge < -0.3 is 0 Å². The lowest BCUT2D eigenvalue weighted by Crippen LogP contribution is -2.44. The average molecular weight is 415 g/mol. The van der Waals surface area contributed by atoms with Crippen LogP contribution in [-0.4, -0.2) is 33.9 Å². The molecule has 4 rings (SSSR count).